The number of carboxylic acid groups (broad SMARTS) is 1. The summed E-state index contributed by atoms with van der Waals surface area (Å²) in [5.74, 6) is -3.06. The fraction of sp³-hybridized carbons (Fsp3) is 0.312. The molecule has 0 radical (unpaired) electrons. The van der Waals surface area contributed by atoms with E-state index >= 15 is 0 Å². The molecule has 3 aromatic carbocycles. The van der Waals surface area contributed by atoms with E-state index < -0.39 is 35.5 Å². The van der Waals surface area contributed by atoms with E-state index in [1.54, 1.807) is 61.5 Å². The Kier molecular flexibility index (Phi) is 9.93. The SMILES string of the molecule is CCOC(=O)[C@H](CCc1ccccc1)N[C@](Cc1ccccc1)(C(=O)O)N(C(C)=O)N1C(=O)CCOc2ccccc21. The molecule has 2 atom stereocenters. The molecule has 0 spiro atoms. The van der Waals surface area contributed by atoms with Gasteiger partial charge in [0.25, 0.3) is 0 Å². The van der Waals surface area contributed by atoms with Crippen LogP contribution in [0.2, 0.25) is 0 Å². The second kappa shape index (κ2) is 13.8. The lowest BCUT2D eigenvalue weighted by Crippen LogP contribution is -2.74. The van der Waals surface area contributed by atoms with E-state index in [1.807, 2.05) is 30.3 Å². The Morgan fingerprint density at radius 3 is 2.24 bits per heavy atom. The van der Waals surface area contributed by atoms with Gasteiger partial charge in [-0.25, -0.2) is 14.8 Å². The predicted octanol–water partition coefficient (Wildman–Crippen LogP) is 3.74. The second-order valence-corrected chi connectivity index (χ2v) is 9.90. The maximum Gasteiger partial charge on any atom is 0.347 e. The Balaban J connectivity index is 1.88. The highest BCUT2D eigenvalue weighted by Gasteiger charge is 2.53. The number of carbonyl (C=O) groups is 4. The van der Waals surface area contributed by atoms with Gasteiger partial charge in [-0.3, -0.25) is 19.7 Å². The Morgan fingerprint density at radius 2 is 1.62 bits per heavy atom. The Bertz CT molecular complexity index is 1400. The number of hydrazine groups is 1. The first-order valence-electron chi connectivity index (χ1n) is 13.9. The van der Waals surface area contributed by atoms with Crippen molar-refractivity contribution in [2.24, 2.45) is 0 Å². The van der Waals surface area contributed by atoms with Crippen LogP contribution in [0.1, 0.15) is 37.8 Å². The number of carbonyl (C=O) groups excluding carboxylic acids is 3. The molecule has 0 fully saturated rings. The summed E-state index contributed by atoms with van der Waals surface area (Å²) in [4.78, 5) is 54.1. The summed E-state index contributed by atoms with van der Waals surface area (Å²) in [5, 5.41) is 16.0. The number of nitrogens with one attached hydrogen (secondary N) is 1. The zero-order valence-electron chi connectivity index (χ0n) is 23.7. The number of aliphatic carboxylic acids is 1. The van der Waals surface area contributed by atoms with Gasteiger partial charge in [-0.1, -0.05) is 72.8 Å². The van der Waals surface area contributed by atoms with Crippen LogP contribution in [0, 0.1) is 0 Å². The average molecular weight is 574 g/mol. The van der Waals surface area contributed by atoms with E-state index in [1.165, 1.54) is 6.92 Å². The van der Waals surface area contributed by atoms with Crippen LogP contribution in [-0.2, 0) is 36.8 Å². The van der Waals surface area contributed by atoms with Crippen molar-refractivity contribution in [3.8, 4) is 5.75 Å². The molecule has 10 nitrogen and oxygen atoms in total. The molecule has 0 saturated heterocycles. The summed E-state index contributed by atoms with van der Waals surface area (Å²) in [6, 6.07) is 23.7. The van der Waals surface area contributed by atoms with Gasteiger partial charge in [0, 0.05) is 13.3 Å². The van der Waals surface area contributed by atoms with Crippen LogP contribution in [0.4, 0.5) is 5.69 Å². The molecule has 3 aromatic rings. The molecule has 0 bridgehead atoms. The maximum atomic E-state index is 13.6. The van der Waals surface area contributed by atoms with Crippen LogP contribution < -0.4 is 15.1 Å². The normalized spacial score (nSPS) is 14.9. The first-order valence-corrected chi connectivity index (χ1v) is 13.9. The fourth-order valence-electron chi connectivity index (χ4n) is 5.08. The molecule has 42 heavy (non-hydrogen) atoms. The third-order valence-electron chi connectivity index (χ3n) is 6.97. The topological polar surface area (TPSA) is 125 Å². The number of hydrogen-bond donors (Lipinski definition) is 2. The second-order valence-electron chi connectivity index (χ2n) is 9.90. The van der Waals surface area contributed by atoms with Crippen molar-refractivity contribution in [3.05, 3.63) is 96.1 Å². The molecule has 220 valence electrons. The van der Waals surface area contributed by atoms with Crippen molar-refractivity contribution in [2.45, 2.75) is 51.2 Å². The van der Waals surface area contributed by atoms with Crippen LogP contribution >= 0.6 is 0 Å². The number of ether oxygens (including phenoxy) is 2. The van der Waals surface area contributed by atoms with Gasteiger partial charge in [0.15, 0.2) is 0 Å². The minimum absolute atomic E-state index is 0.0484. The molecule has 0 aromatic heterocycles. The summed E-state index contributed by atoms with van der Waals surface area (Å²) in [7, 11) is 0. The van der Waals surface area contributed by atoms with Gasteiger partial charge < -0.3 is 14.6 Å². The number of carboxylic acids is 1. The van der Waals surface area contributed by atoms with Gasteiger partial charge >= 0.3 is 11.9 Å². The number of amides is 2. The van der Waals surface area contributed by atoms with E-state index in [-0.39, 0.29) is 38.2 Å². The van der Waals surface area contributed by atoms with Gasteiger partial charge in [0.1, 0.15) is 17.5 Å². The number of anilines is 1. The van der Waals surface area contributed by atoms with Crippen molar-refractivity contribution in [2.75, 3.05) is 18.2 Å². The van der Waals surface area contributed by atoms with E-state index in [0.717, 1.165) is 15.6 Å². The van der Waals surface area contributed by atoms with Crippen LogP contribution in [-0.4, -0.2) is 58.8 Å². The van der Waals surface area contributed by atoms with E-state index in [4.69, 9.17) is 9.47 Å². The quantitative estimate of drug-likeness (QED) is 0.248. The van der Waals surface area contributed by atoms with Crippen molar-refractivity contribution < 1.29 is 33.8 Å². The summed E-state index contributed by atoms with van der Waals surface area (Å²) in [5.41, 5.74) is -0.562. The van der Waals surface area contributed by atoms with Gasteiger partial charge in [-0.2, -0.15) is 0 Å². The molecule has 0 unspecified atom stereocenters. The van der Waals surface area contributed by atoms with Gasteiger partial charge in [0.2, 0.25) is 17.5 Å². The summed E-state index contributed by atoms with van der Waals surface area (Å²) >= 11 is 0. The van der Waals surface area contributed by atoms with Crippen molar-refractivity contribution in [3.63, 3.8) is 0 Å². The summed E-state index contributed by atoms with van der Waals surface area (Å²) in [6.07, 6.45) is 0.232. The fourth-order valence-corrected chi connectivity index (χ4v) is 5.08. The Labute approximate surface area is 244 Å². The predicted molar refractivity (Wildman–Crippen MR) is 155 cm³/mol. The number of para-hydroxylation sites is 2. The molecule has 1 heterocycles. The molecule has 10 heteroatoms. The first kappa shape index (κ1) is 30.3. The number of fused-ring (bicyclic) bond motifs is 1. The molecule has 0 saturated carbocycles. The zero-order valence-corrected chi connectivity index (χ0v) is 23.7. The maximum absolute atomic E-state index is 13.6. The minimum Gasteiger partial charge on any atom is -0.491 e. The van der Waals surface area contributed by atoms with Crippen molar-refractivity contribution in [1.29, 1.82) is 0 Å². The Hall–Kier alpha value is -4.70. The molecular formula is C32H35N3O7. The van der Waals surface area contributed by atoms with Crippen LogP contribution in [0.5, 0.6) is 5.75 Å². The molecule has 4 rings (SSSR count). The largest absolute Gasteiger partial charge is 0.491 e. The summed E-state index contributed by atoms with van der Waals surface area (Å²) < 4.78 is 11.1. The van der Waals surface area contributed by atoms with Crippen LogP contribution in [0.3, 0.4) is 0 Å². The van der Waals surface area contributed by atoms with Gasteiger partial charge in [0.05, 0.1) is 19.6 Å². The van der Waals surface area contributed by atoms with Crippen LogP contribution in [0.25, 0.3) is 0 Å². The number of nitrogens with zero attached hydrogens (tertiary/aromatic N) is 2. The molecule has 1 aliphatic rings. The molecule has 2 amide bonds. The van der Waals surface area contributed by atoms with Crippen molar-refractivity contribution >= 4 is 29.4 Å². The standard InChI is InChI=1S/C32H35N3O7/c1-3-41-30(38)26(19-18-24-12-6-4-7-13-24)33-32(31(39)40,22-25-14-8-5-9-15-25)35(23(2)36)34-27-16-10-11-17-28(27)42-21-20-29(34)37/h4-17,26,33H,3,18-22H2,1-2H3,(H,39,40)/t26-,32-/m0/s1. The van der Waals surface area contributed by atoms with E-state index in [0.29, 0.717) is 17.7 Å². The third kappa shape index (κ3) is 6.77. The number of esters is 1. The molecule has 1 aliphatic heterocycles. The lowest BCUT2D eigenvalue weighted by Gasteiger charge is -2.47. The molecule has 2 N–H and O–H groups in total. The number of rotatable bonds is 12. The zero-order chi connectivity index (χ0) is 30.1. The highest BCUT2D eigenvalue weighted by molar-refractivity contribution is 6.00. The highest BCUT2D eigenvalue weighted by atomic mass is 16.5. The third-order valence-corrected chi connectivity index (χ3v) is 6.97. The number of aryl methyl sites for hydroxylation is 1. The molecular weight excluding hydrogens is 538 g/mol. The van der Waals surface area contributed by atoms with E-state index in [2.05, 4.69) is 5.32 Å². The minimum atomic E-state index is -2.28. The van der Waals surface area contributed by atoms with E-state index in [9.17, 15) is 24.3 Å². The Morgan fingerprint density at radius 1 is 1.00 bits per heavy atom. The van der Waals surface area contributed by atoms with Gasteiger partial charge in [-0.15, -0.1) is 0 Å². The smallest absolute Gasteiger partial charge is 0.347 e. The highest BCUT2D eigenvalue weighted by Crippen LogP contribution is 2.36. The lowest BCUT2D eigenvalue weighted by molar-refractivity contribution is -0.167. The monoisotopic (exact) mass is 573 g/mol. The summed E-state index contributed by atoms with van der Waals surface area (Å²) in [6.45, 7) is 2.98. The van der Waals surface area contributed by atoms with Gasteiger partial charge in [-0.05, 0) is 43.0 Å². The average Bonchev–Trinajstić information content (AvgIpc) is 3.14. The molecule has 0 aliphatic carbocycles. The van der Waals surface area contributed by atoms with Crippen LogP contribution in [0.15, 0.2) is 84.9 Å². The first-order chi connectivity index (χ1) is 20.3. The number of benzene rings is 3. The lowest BCUT2D eigenvalue weighted by atomic mass is 9.95. The number of hydrogen-bond acceptors (Lipinski definition) is 7. The van der Waals surface area contributed by atoms with Crippen molar-refractivity contribution in [1.82, 2.24) is 10.3 Å².